The fraction of sp³-hybridized carbons (Fsp3) is 0.500. The molecule has 0 bridgehead atoms. The summed E-state index contributed by atoms with van der Waals surface area (Å²) >= 11 is 0. The molecule has 0 aliphatic heterocycles. The lowest BCUT2D eigenvalue weighted by molar-refractivity contribution is -0.403. The van der Waals surface area contributed by atoms with Gasteiger partial charge < -0.3 is 10.6 Å². The van der Waals surface area contributed by atoms with Gasteiger partial charge in [0.15, 0.2) is 5.82 Å². The number of halogens is 6. The third-order valence-corrected chi connectivity index (χ3v) is 3.77. The number of nitrogens with one attached hydrogen (secondary N) is 2. The Morgan fingerprint density at radius 2 is 1.48 bits per heavy atom. The maximum atomic E-state index is 12.9. The van der Waals surface area contributed by atoms with Crippen molar-refractivity contribution in [2.75, 3.05) is 5.32 Å². The van der Waals surface area contributed by atoms with E-state index < -0.39 is 34.1 Å². The van der Waals surface area contributed by atoms with Gasteiger partial charge in [0.2, 0.25) is 0 Å². The van der Waals surface area contributed by atoms with Crippen molar-refractivity contribution in [1.82, 2.24) is 5.32 Å². The number of nitrogens with zero attached hydrogens (tertiary/aromatic N) is 1. The summed E-state index contributed by atoms with van der Waals surface area (Å²) in [6.45, 7) is 7.09. The molecule has 0 aliphatic rings. The van der Waals surface area contributed by atoms with Crippen LogP contribution in [0.5, 0.6) is 0 Å². The second kappa shape index (κ2) is 7.65. The number of hydrogen-bond acceptors (Lipinski definition) is 4. The SMILES string of the molecule is CC(N/C(=C\[N+](=O)[O-])Nc1cc(C(F)(F)F)cc(C(F)(F)F)c1)C(C)(C)C. The molecule has 0 fully saturated rings. The Balaban J connectivity index is 3.34. The van der Waals surface area contributed by atoms with Gasteiger partial charge in [-0.1, -0.05) is 20.8 Å². The van der Waals surface area contributed by atoms with E-state index in [2.05, 4.69) is 10.6 Å². The molecule has 0 saturated carbocycles. The highest BCUT2D eigenvalue weighted by Crippen LogP contribution is 2.37. The number of alkyl halides is 6. The summed E-state index contributed by atoms with van der Waals surface area (Å²) in [6, 6.07) is 0.496. The third-order valence-electron chi connectivity index (χ3n) is 3.77. The van der Waals surface area contributed by atoms with Crippen molar-refractivity contribution < 1.29 is 31.3 Å². The second-order valence-corrected chi connectivity index (χ2v) is 6.98. The summed E-state index contributed by atoms with van der Waals surface area (Å²) in [5, 5.41) is 15.7. The minimum absolute atomic E-state index is 0.0206. The van der Waals surface area contributed by atoms with Gasteiger partial charge in [-0.05, 0) is 30.5 Å². The summed E-state index contributed by atoms with van der Waals surface area (Å²) < 4.78 is 77.5. The van der Waals surface area contributed by atoms with Gasteiger partial charge in [-0.25, -0.2) is 0 Å². The van der Waals surface area contributed by atoms with Gasteiger partial charge in [-0.3, -0.25) is 10.1 Å². The van der Waals surface area contributed by atoms with Crippen molar-refractivity contribution in [2.24, 2.45) is 5.41 Å². The van der Waals surface area contributed by atoms with Crippen LogP contribution in [0.25, 0.3) is 0 Å². The average molecular weight is 399 g/mol. The van der Waals surface area contributed by atoms with Crippen molar-refractivity contribution in [1.29, 1.82) is 0 Å². The maximum Gasteiger partial charge on any atom is 0.416 e. The van der Waals surface area contributed by atoms with E-state index in [1.807, 2.05) is 0 Å². The summed E-state index contributed by atoms with van der Waals surface area (Å²) in [5.41, 5.74) is -4.02. The van der Waals surface area contributed by atoms with Crippen LogP contribution < -0.4 is 10.6 Å². The quantitative estimate of drug-likeness (QED) is 0.404. The van der Waals surface area contributed by atoms with Crippen LogP contribution in [0.1, 0.15) is 38.8 Å². The molecule has 1 aromatic carbocycles. The van der Waals surface area contributed by atoms with Crippen LogP contribution in [0, 0.1) is 15.5 Å². The Bertz CT molecular complexity index is 688. The molecular weight excluding hydrogens is 380 g/mol. The zero-order valence-electron chi connectivity index (χ0n) is 14.9. The Morgan fingerprint density at radius 1 is 1.04 bits per heavy atom. The van der Waals surface area contributed by atoms with Gasteiger partial charge in [-0.2, -0.15) is 26.3 Å². The van der Waals surface area contributed by atoms with Gasteiger partial charge in [0.1, 0.15) is 0 Å². The molecular formula is C16H19F6N3O2. The first-order valence-electron chi connectivity index (χ1n) is 7.68. The van der Waals surface area contributed by atoms with Crippen LogP contribution in [-0.4, -0.2) is 11.0 Å². The molecule has 0 radical (unpaired) electrons. The molecule has 1 atom stereocenters. The van der Waals surface area contributed by atoms with Gasteiger partial charge in [-0.15, -0.1) is 0 Å². The molecule has 152 valence electrons. The number of anilines is 1. The van der Waals surface area contributed by atoms with Crippen LogP contribution >= 0.6 is 0 Å². The molecule has 1 unspecified atom stereocenters. The molecule has 0 amide bonds. The molecule has 0 saturated heterocycles. The normalized spacial score (nSPS) is 14.7. The highest BCUT2D eigenvalue weighted by Gasteiger charge is 2.37. The van der Waals surface area contributed by atoms with E-state index in [9.17, 15) is 36.5 Å². The molecule has 0 spiro atoms. The molecule has 1 aromatic rings. The first kappa shape index (κ1) is 22.6. The van der Waals surface area contributed by atoms with Gasteiger partial charge >= 0.3 is 12.4 Å². The van der Waals surface area contributed by atoms with E-state index in [0.717, 1.165) is 0 Å². The lowest BCUT2D eigenvalue weighted by Gasteiger charge is -2.29. The van der Waals surface area contributed by atoms with E-state index in [0.29, 0.717) is 18.3 Å². The smallest absolute Gasteiger partial charge is 0.363 e. The number of hydrogen-bond donors (Lipinski definition) is 2. The average Bonchev–Trinajstić information content (AvgIpc) is 2.43. The molecule has 5 nitrogen and oxygen atoms in total. The fourth-order valence-electron chi connectivity index (χ4n) is 1.84. The Hall–Kier alpha value is -2.46. The monoisotopic (exact) mass is 399 g/mol. The summed E-state index contributed by atoms with van der Waals surface area (Å²) in [6.07, 6.45) is -9.59. The van der Waals surface area contributed by atoms with Crippen LogP contribution in [0.15, 0.2) is 30.2 Å². The molecule has 27 heavy (non-hydrogen) atoms. The lowest BCUT2D eigenvalue weighted by atomic mass is 9.88. The first-order chi connectivity index (χ1) is 12.0. The van der Waals surface area contributed by atoms with Crippen molar-refractivity contribution in [3.8, 4) is 0 Å². The van der Waals surface area contributed by atoms with Crippen molar-refractivity contribution in [3.05, 3.63) is 51.5 Å². The second-order valence-electron chi connectivity index (χ2n) is 6.98. The summed E-state index contributed by atoms with van der Waals surface area (Å²) in [4.78, 5) is 9.90. The van der Waals surface area contributed by atoms with Crippen LogP contribution in [-0.2, 0) is 12.4 Å². The highest BCUT2D eigenvalue weighted by atomic mass is 19.4. The number of nitro groups is 1. The predicted octanol–water partition coefficient (Wildman–Crippen LogP) is 5.24. The number of rotatable bonds is 5. The molecule has 11 heteroatoms. The van der Waals surface area contributed by atoms with Crippen LogP contribution in [0.2, 0.25) is 0 Å². The van der Waals surface area contributed by atoms with Gasteiger partial charge in [0, 0.05) is 11.7 Å². The standard InChI is InChI=1S/C16H19F6N3O2/c1-9(14(2,3)4)23-13(8-25(26)27)24-12-6-10(15(17,18)19)5-11(7-12)16(20,21)22/h5-9,23-24H,1-4H3/b13-8+. The van der Waals surface area contributed by atoms with Crippen molar-refractivity contribution >= 4 is 5.69 Å². The minimum atomic E-state index is -5.02. The van der Waals surface area contributed by atoms with Gasteiger partial charge in [0.25, 0.3) is 6.20 Å². The molecule has 0 aliphatic carbocycles. The zero-order valence-corrected chi connectivity index (χ0v) is 14.9. The summed E-state index contributed by atoms with van der Waals surface area (Å²) in [5.74, 6) is -0.338. The first-order valence-corrected chi connectivity index (χ1v) is 7.68. The third kappa shape index (κ3) is 6.99. The number of benzene rings is 1. The largest absolute Gasteiger partial charge is 0.416 e. The highest BCUT2D eigenvalue weighted by molar-refractivity contribution is 5.53. The van der Waals surface area contributed by atoms with E-state index >= 15 is 0 Å². The molecule has 1 rings (SSSR count). The molecule has 2 N–H and O–H groups in total. The van der Waals surface area contributed by atoms with Gasteiger partial charge in [0.05, 0.1) is 16.1 Å². The maximum absolute atomic E-state index is 12.9. The van der Waals surface area contributed by atoms with E-state index in [-0.39, 0.29) is 23.3 Å². The molecule has 0 heterocycles. The van der Waals surface area contributed by atoms with Crippen molar-refractivity contribution in [2.45, 2.75) is 46.1 Å². The van der Waals surface area contributed by atoms with E-state index in [4.69, 9.17) is 0 Å². The predicted molar refractivity (Wildman–Crippen MR) is 87.2 cm³/mol. The Labute approximate surface area is 151 Å². The fourth-order valence-corrected chi connectivity index (χ4v) is 1.84. The minimum Gasteiger partial charge on any atom is -0.363 e. The Morgan fingerprint density at radius 3 is 1.81 bits per heavy atom. The van der Waals surface area contributed by atoms with E-state index in [1.54, 1.807) is 27.7 Å². The zero-order chi connectivity index (χ0) is 21.2. The lowest BCUT2D eigenvalue weighted by Crippen LogP contribution is -2.39. The summed E-state index contributed by atoms with van der Waals surface area (Å²) in [7, 11) is 0. The topological polar surface area (TPSA) is 67.2 Å². The van der Waals surface area contributed by atoms with E-state index in [1.165, 1.54) is 0 Å². The van der Waals surface area contributed by atoms with Crippen LogP contribution in [0.4, 0.5) is 32.0 Å². The molecule has 0 aromatic heterocycles. The Kier molecular flexibility index (Phi) is 6.40. The van der Waals surface area contributed by atoms with Crippen LogP contribution in [0.3, 0.4) is 0 Å². The van der Waals surface area contributed by atoms with Crippen molar-refractivity contribution in [3.63, 3.8) is 0 Å².